The highest BCUT2D eigenvalue weighted by Gasteiger charge is 2.70. The molecular formula is C24H21BrN2O3. The molecule has 2 aromatic rings. The molecular weight excluding hydrogens is 444 g/mol. The number of para-hydroxylation sites is 1. The van der Waals surface area contributed by atoms with Crippen molar-refractivity contribution in [3.05, 3.63) is 70.7 Å². The molecule has 1 N–H and O–H groups in total. The molecule has 4 atom stereocenters. The maximum atomic E-state index is 13.8. The Hall–Kier alpha value is -2.73. The van der Waals surface area contributed by atoms with Crippen molar-refractivity contribution in [3.63, 3.8) is 0 Å². The standard InChI is InChI=1S/C24H21BrN2O3/c1-14-11-18(9-10-19(14)25)27-22(29)21-15-7-8-16(12-15)24(21,23(27)30)13-20(28)26-17-5-3-2-4-6-17/h2-11,15-16,21H,12-13H2,1H3,(H,26,28)/t15?,16?,21-,24-/m1/s1. The topological polar surface area (TPSA) is 66.5 Å². The van der Waals surface area contributed by atoms with Crippen molar-refractivity contribution < 1.29 is 14.4 Å². The van der Waals surface area contributed by atoms with Crippen LogP contribution in [0.4, 0.5) is 11.4 Å². The molecule has 5 rings (SSSR count). The van der Waals surface area contributed by atoms with Gasteiger partial charge in [-0.2, -0.15) is 0 Å². The van der Waals surface area contributed by atoms with E-state index in [1.54, 1.807) is 6.07 Å². The first kappa shape index (κ1) is 19.2. The molecule has 2 unspecified atom stereocenters. The molecule has 0 aromatic heterocycles. The molecule has 1 aliphatic heterocycles. The van der Waals surface area contributed by atoms with E-state index >= 15 is 0 Å². The third-order valence-electron chi connectivity index (χ3n) is 6.76. The number of benzene rings is 2. The smallest absolute Gasteiger partial charge is 0.241 e. The number of hydrogen-bond acceptors (Lipinski definition) is 3. The number of anilines is 2. The van der Waals surface area contributed by atoms with Crippen LogP contribution in [-0.4, -0.2) is 17.7 Å². The first-order chi connectivity index (χ1) is 14.4. The Morgan fingerprint density at radius 1 is 1.17 bits per heavy atom. The lowest BCUT2D eigenvalue weighted by atomic mass is 9.67. The SMILES string of the molecule is Cc1cc(N2C(=O)[C@H]3C4C=CC(C4)[C@@]3(CC(=O)Nc3ccccc3)C2=O)ccc1Br. The lowest BCUT2D eigenvalue weighted by molar-refractivity contribution is -0.133. The maximum Gasteiger partial charge on any atom is 0.241 e. The Balaban J connectivity index is 1.51. The summed E-state index contributed by atoms with van der Waals surface area (Å²) in [7, 11) is 0. The molecule has 3 aliphatic rings. The number of fused-ring (bicyclic) bond motifs is 5. The molecule has 5 nitrogen and oxygen atoms in total. The first-order valence-corrected chi connectivity index (χ1v) is 10.9. The van der Waals surface area contributed by atoms with Crippen LogP contribution >= 0.6 is 15.9 Å². The minimum atomic E-state index is -1.00. The van der Waals surface area contributed by atoms with E-state index in [1.807, 2.05) is 61.5 Å². The highest BCUT2D eigenvalue weighted by molar-refractivity contribution is 9.10. The Labute approximate surface area is 183 Å². The fourth-order valence-electron chi connectivity index (χ4n) is 5.43. The Kier molecular flexibility index (Phi) is 4.43. The van der Waals surface area contributed by atoms with Crippen molar-refractivity contribution >= 4 is 45.0 Å². The highest BCUT2D eigenvalue weighted by Crippen LogP contribution is 2.62. The van der Waals surface area contributed by atoms with E-state index in [1.165, 1.54) is 4.90 Å². The number of imide groups is 1. The van der Waals surface area contributed by atoms with Gasteiger partial charge in [-0.05, 0) is 61.1 Å². The molecule has 1 saturated carbocycles. The predicted molar refractivity (Wildman–Crippen MR) is 118 cm³/mol. The highest BCUT2D eigenvalue weighted by atomic mass is 79.9. The largest absolute Gasteiger partial charge is 0.326 e. The van der Waals surface area contributed by atoms with Crippen LogP contribution in [0.3, 0.4) is 0 Å². The van der Waals surface area contributed by atoms with Crippen molar-refractivity contribution in [2.45, 2.75) is 19.8 Å². The van der Waals surface area contributed by atoms with Crippen molar-refractivity contribution in [1.82, 2.24) is 0 Å². The van der Waals surface area contributed by atoms with Crippen molar-refractivity contribution in [1.29, 1.82) is 0 Å². The van der Waals surface area contributed by atoms with Gasteiger partial charge in [0.15, 0.2) is 0 Å². The van der Waals surface area contributed by atoms with Crippen LogP contribution in [-0.2, 0) is 14.4 Å². The van der Waals surface area contributed by atoms with Crippen LogP contribution in [0, 0.1) is 30.1 Å². The Morgan fingerprint density at radius 2 is 1.93 bits per heavy atom. The number of amides is 3. The molecule has 0 radical (unpaired) electrons. The van der Waals surface area contributed by atoms with Crippen molar-refractivity contribution in [3.8, 4) is 0 Å². The third-order valence-corrected chi connectivity index (χ3v) is 7.65. The van der Waals surface area contributed by atoms with Crippen LogP contribution < -0.4 is 10.2 Å². The number of nitrogens with one attached hydrogen (secondary N) is 1. The van der Waals surface area contributed by atoms with E-state index in [0.717, 1.165) is 16.5 Å². The van der Waals surface area contributed by atoms with E-state index in [-0.39, 0.29) is 36.0 Å². The quantitative estimate of drug-likeness (QED) is 0.536. The second-order valence-electron chi connectivity index (χ2n) is 8.41. The van der Waals surface area contributed by atoms with E-state index in [0.29, 0.717) is 11.4 Å². The van der Waals surface area contributed by atoms with Crippen LogP contribution in [0.25, 0.3) is 0 Å². The molecule has 0 spiro atoms. The summed E-state index contributed by atoms with van der Waals surface area (Å²) in [6.07, 6.45) is 4.84. The average Bonchev–Trinajstić information content (AvgIpc) is 3.37. The minimum Gasteiger partial charge on any atom is -0.326 e. The molecule has 3 amide bonds. The zero-order chi connectivity index (χ0) is 21.0. The van der Waals surface area contributed by atoms with Gasteiger partial charge in [0.2, 0.25) is 17.7 Å². The van der Waals surface area contributed by atoms with Gasteiger partial charge >= 0.3 is 0 Å². The summed E-state index contributed by atoms with van der Waals surface area (Å²) in [5.74, 6) is -1.23. The normalized spacial score (nSPS) is 28.9. The number of carbonyl (C=O) groups is 3. The van der Waals surface area contributed by atoms with Gasteiger partial charge in [0, 0.05) is 16.6 Å². The van der Waals surface area contributed by atoms with Gasteiger partial charge in [0.05, 0.1) is 17.0 Å². The van der Waals surface area contributed by atoms with E-state index in [4.69, 9.17) is 0 Å². The summed E-state index contributed by atoms with van der Waals surface area (Å²) in [5, 5.41) is 2.89. The van der Waals surface area contributed by atoms with Gasteiger partial charge < -0.3 is 5.32 Å². The van der Waals surface area contributed by atoms with Crippen molar-refractivity contribution in [2.24, 2.45) is 23.2 Å². The molecule has 2 aliphatic carbocycles. The maximum absolute atomic E-state index is 13.8. The zero-order valence-corrected chi connectivity index (χ0v) is 18.1. The Bertz CT molecular complexity index is 1100. The molecule has 1 saturated heterocycles. The minimum absolute atomic E-state index is 0.00858. The molecule has 30 heavy (non-hydrogen) atoms. The lowest BCUT2D eigenvalue weighted by Crippen LogP contribution is -2.43. The van der Waals surface area contributed by atoms with Crippen LogP contribution in [0.1, 0.15) is 18.4 Å². The molecule has 6 heteroatoms. The summed E-state index contributed by atoms with van der Waals surface area (Å²) >= 11 is 3.47. The van der Waals surface area contributed by atoms with Gasteiger partial charge in [0.25, 0.3) is 0 Å². The van der Waals surface area contributed by atoms with E-state index in [2.05, 4.69) is 21.2 Å². The number of carbonyl (C=O) groups excluding carboxylic acids is 3. The third kappa shape index (κ3) is 2.70. The second-order valence-corrected chi connectivity index (χ2v) is 9.27. The van der Waals surface area contributed by atoms with E-state index in [9.17, 15) is 14.4 Å². The number of rotatable bonds is 4. The first-order valence-electron chi connectivity index (χ1n) is 10.1. The average molecular weight is 465 g/mol. The number of allylic oxidation sites excluding steroid dienone is 2. The van der Waals surface area contributed by atoms with Crippen molar-refractivity contribution in [2.75, 3.05) is 10.2 Å². The van der Waals surface area contributed by atoms with Gasteiger partial charge in [-0.1, -0.05) is 46.3 Å². The second kappa shape index (κ2) is 6.91. The number of hydrogen-bond donors (Lipinski definition) is 1. The fraction of sp³-hybridized carbons (Fsp3) is 0.292. The summed E-state index contributed by atoms with van der Waals surface area (Å²) in [5.41, 5.74) is 1.20. The predicted octanol–water partition coefficient (Wildman–Crippen LogP) is 4.47. The molecule has 2 bridgehead atoms. The number of aryl methyl sites for hydroxylation is 1. The molecule has 2 fully saturated rings. The molecule has 1 heterocycles. The van der Waals surface area contributed by atoms with Crippen LogP contribution in [0.5, 0.6) is 0 Å². The van der Waals surface area contributed by atoms with Crippen LogP contribution in [0.15, 0.2) is 65.2 Å². The van der Waals surface area contributed by atoms with Crippen LogP contribution in [0.2, 0.25) is 0 Å². The molecule has 2 aromatic carbocycles. The van der Waals surface area contributed by atoms with Gasteiger partial charge in [-0.3, -0.25) is 14.4 Å². The Morgan fingerprint density at radius 3 is 2.67 bits per heavy atom. The van der Waals surface area contributed by atoms with Gasteiger partial charge in [0.1, 0.15) is 0 Å². The monoisotopic (exact) mass is 464 g/mol. The van der Waals surface area contributed by atoms with Gasteiger partial charge in [-0.15, -0.1) is 0 Å². The zero-order valence-electron chi connectivity index (χ0n) is 16.5. The summed E-state index contributed by atoms with van der Waals surface area (Å²) in [4.78, 5) is 41.5. The summed E-state index contributed by atoms with van der Waals surface area (Å²) < 4.78 is 0.921. The van der Waals surface area contributed by atoms with E-state index < -0.39 is 11.3 Å². The lowest BCUT2D eigenvalue weighted by Gasteiger charge is -2.32. The number of halogens is 1. The molecule has 152 valence electrons. The fourth-order valence-corrected chi connectivity index (χ4v) is 5.68. The van der Waals surface area contributed by atoms with Gasteiger partial charge in [-0.25, -0.2) is 4.90 Å². The summed E-state index contributed by atoms with van der Waals surface area (Å²) in [6, 6.07) is 14.7. The number of nitrogens with zero attached hydrogens (tertiary/aromatic N) is 1. The summed E-state index contributed by atoms with van der Waals surface area (Å²) in [6.45, 7) is 1.92.